The Morgan fingerprint density at radius 3 is 2.93 bits per heavy atom. The van der Waals surface area contributed by atoms with E-state index in [-0.39, 0.29) is 17.9 Å². The fraction of sp³-hybridized carbons (Fsp3) is 0.600. The van der Waals surface area contributed by atoms with Crippen LogP contribution in [0.5, 0.6) is 0 Å². The van der Waals surface area contributed by atoms with Gasteiger partial charge in [0.15, 0.2) is 0 Å². The summed E-state index contributed by atoms with van der Waals surface area (Å²) in [5, 5.41) is 7.84. The predicted molar refractivity (Wildman–Crippen MR) is 104 cm³/mol. The van der Waals surface area contributed by atoms with Gasteiger partial charge in [-0.2, -0.15) is 5.10 Å². The van der Waals surface area contributed by atoms with Crippen molar-refractivity contribution in [2.75, 3.05) is 26.4 Å². The van der Waals surface area contributed by atoms with Crippen molar-refractivity contribution < 1.29 is 19.1 Å². The van der Waals surface area contributed by atoms with Crippen LogP contribution in [0.1, 0.15) is 58.4 Å². The topological polar surface area (TPSA) is 111 Å². The van der Waals surface area contributed by atoms with Crippen molar-refractivity contribution in [1.82, 2.24) is 25.1 Å². The average molecular weight is 401 g/mol. The van der Waals surface area contributed by atoms with E-state index in [1.54, 1.807) is 0 Å². The standard InChI is InChI=1S/C20H27N5O4/c1-2-14-17-16(10-20(12-22-18(17)26)4-8-28-9-5-20)25(24-14)6-3-7-29-19(27)15-11-21-13-23-15/h11,13H,2-10,12H2,1H3,(H,21,23)(H,22,26). The number of nitrogens with zero attached hydrogens (tertiary/aromatic N) is 3. The van der Waals surface area contributed by atoms with E-state index < -0.39 is 5.97 Å². The van der Waals surface area contributed by atoms with Gasteiger partial charge in [0, 0.05) is 32.7 Å². The summed E-state index contributed by atoms with van der Waals surface area (Å²) in [6.07, 6.45) is 6.88. The lowest BCUT2D eigenvalue weighted by molar-refractivity contribution is 0.0152. The summed E-state index contributed by atoms with van der Waals surface area (Å²) >= 11 is 0. The molecule has 0 aliphatic carbocycles. The Morgan fingerprint density at radius 1 is 1.38 bits per heavy atom. The highest BCUT2D eigenvalue weighted by atomic mass is 16.5. The summed E-state index contributed by atoms with van der Waals surface area (Å²) < 4.78 is 12.8. The number of ether oxygens (including phenoxy) is 2. The number of carbonyl (C=O) groups is 2. The van der Waals surface area contributed by atoms with Crippen LogP contribution in [0, 0.1) is 5.41 Å². The highest BCUT2D eigenvalue weighted by Crippen LogP contribution is 2.37. The summed E-state index contributed by atoms with van der Waals surface area (Å²) in [6.45, 7) is 5.01. The van der Waals surface area contributed by atoms with E-state index in [9.17, 15) is 9.59 Å². The van der Waals surface area contributed by atoms with Gasteiger partial charge in [-0.1, -0.05) is 6.92 Å². The molecule has 2 N–H and O–H groups in total. The van der Waals surface area contributed by atoms with Crippen molar-refractivity contribution in [1.29, 1.82) is 0 Å². The molecule has 9 nitrogen and oxygen atoms in total. The molecule has 1 amide bonds. The Balaban J connectivity index is 1.47. The number of aromatic amines is 1. The van der Waals surface area contributed by atoms with E-state index in [1.165, 1.54) is 12.5 Å². The van der Waals surface area contributed by atoms with Crippen LogP contribution in [-0.4, -0.2) is 58.0 Å². The fourth-order valence-corrected chi connectivity index (χ4v) is 4.18. The number of rotatable bonds is 6. The Morgan fingerprint density at radius 2 is 2.21 bits per heavy atom. The molecular weight excluding hydrogens is 374 g/mol. The Kier molecular flexibility index (Phi) is 5.66. The van der Waals surface area contributed by atoms with Crippen LogP contribution in [-0.2, 0) is 28.9 Å². The molecule has 2 aromatic heterocycles. The molecule has 1 spiro atoms. The number of fused-ring (bicyclic) bond motifs is 1. The number of amides is 1. The largest absolute Gasteiger partial charge is 0.461 e. The third-order valence-corrected chi connectivity index (χ3v) is 5.88. The molecule has 156 valence electrons. The van der Waals surface area contributed by atoms with Gasteiger partial charge in [0.25, 0.3) is 5.91 Å². The summed E-state index contributed by atoms with van der Waals surface area (Å²) in [4.78, 5) is 31.3. The van der Waals surface area contributed by atoms with Gasteiger partial charge in [-0.25, -0.2) is 9.78 Å². The van der Waals surface area contributed by atoms with Crippen LogP contribution >= 0.6 is 0 Å². The molecule has 0 saturated carbocycles. The van der Waals surface area contributed by atoms with E-state index >= 15 is 0 Å². The molecule has 1 fully saturated rings. The second kappa shape index (κ2) is 8.36. The van der Waals surface area contributed by atoms with Crippen molar-refractivity contribution in [3.63, 3.8) is 0 Å². The lowest BCUT2D eigenvalue weighted by atomic mass is 9.76. The first-order valence-electron chi connectivity index (χ1n) is 10.2. The number of H-pyrrole nitrogens is 1. The van der Waals surface area contributed by atoms with Gasteiger partial charge < -0.3 is 19.8 Å². The minimum absolute atomic E-state index is 0.0229. The number of carbonyl (C=O) groups excluding carboxylic acids is 2. The van der Waals surface area contributed by atoms with Crippen LogP contribution in [0.4, 0.5) is 0 Å². The molecule has 9 heteroatoms. The van der Waals surface area contributed by atoms with Gasteiger partial charge in [0.05, 0.1) is 36.1 Å². The second-order valence-electron chi connectivity index (χ2n) is 7.77. The van der Waals surface area contributed by atoms with Crippen LogP contribution < -0.4 is 5.32 Å². The summed E-state index contributed by atoms with van der Waals surface area (Å²) in [7, 11) is 0. The maximum absolute atomic E-state index is 12.8. The molecule has 4 rings (SSSR count). The maximum Gasteiger partial charge on any atom is 0.356 e. The highest BCUT2D eigenvalue weighted by molar-refractivity contribution is 5.97. The Bertz CT molecular complexity index is 868. The lowest BCUT2D eigenvalue weighted by Gasteiger charge is -2.36. The first kappa shape index (κ1) is 19.6. The van der Waals surface area contributed by atoms with Gasteiger partial charge in [0.2, 0.25) is 0 Å². The molecule has 4 heterocycles. The maximum atomic E-state index is 12.8. The number of hydrogen-bond donors (Lipinski definition) is 2. The molecule has 1 saturated heterocycles. The zero-order chi connectivity index (χ0) is 20.3. The van der Waals surface area contributed by atoms with E-state index in [4.69, 9.17) is 14.6 Å². The molecule has 2 aromatic rings. The monoisotopic (exact) mass is 401 g/mol. The van der Waals surface area contributed by atoms with E-state index in [0.717, 1.165) is 49.4 Å². The molecule has 29 heavy (non-hydrogen) atoms. The molecule has 0 atom stereocenters. The quantitative estimate of drug-likeness (QED) is 0.561. The molecule has 2 aliphatic heterocycles. The summed E-state index contributed by atoms with van der Waals surface area (Å²) in [5.74, 6) is -0.450. The van der Waals surface area contributed by atoms with Crippen molar-refractivity contribution in [2.24, 2.45) is 5.41 Å². The molecule has 2 aliphatic rings. The number of imidazole rings is 1. The smallest absolute Gasteiger partial charge is 0.356 e. The zero-order valence-corrected chi connectivity index (χ0v) is 16.7. The molecular formula is C20H27N5O4. The number of aromatic nitrogens is 4. The SMILES string of the molecule is CCc1nn(CCCOC(=O)c2cnc[nH]2)c2c1C(=O)NCC1(CCOCC1)C2. The predicted octanol–water partition coefficient (Wildman–Crippen LogP) is 1.50. The first-order valence-corrected chi connectivity index (χ1v) is 10.2. The van der Waals surface area contributed by atoms with Crippen molar-refractivity contribution >= 4 is 11.9 Å². The molecule has 0 bridgehead atoms. The number of hydrogen-bond acceptors (Lipinski definition) is 6. The first-order chi connectivity index (χ1) is 14.1. The van der Waals surface area contributed by atoms with Gasteiger partial charge in [-0.3, -0.25) is 9.48 Å². The zero-order valence-electron chi connectivity index (χ0n) is 16.7. The van der Waals surface area contributed by atoms with E-state index in [2.05, 4.69) is 15.3 Å². The van der Waals surface area contributed by atoms with Crippen LogP contribution in [0.15, 0.2) is 12.5 Å². The second-order valence-corrected chi connectivity index (χ2v) is 7.77. The van der Waals surface area contributed by atoms with Gasteiger partial charge in [-0.15, -0.1) is 0 Å². The fourth-order valence-electron chi connectivity index (χ4n) is 4.18. The van der Waals surface area contributed by atoms with Gasteiger partial charge in [-0.05, 0) is 31.1 Å². The summed E-state index contributed by atoms with van der Waals surface area (Å²) in [5.41, 5.74) is 2.92. The third-order valence-electron chi connectivity index (χ3n) is 5.88. The minimum Gasteiger partial charge on any atom is -0.461 e. The third kappa shape index (κ3) is 4.05. The van der Waals surface area contributed by atoms with Gasteiger partial charge >= 0.3 is 5.97 Å². The van der Waals surface area contributed by atoms with Crippen LogP contribution in [0.3, 0.4) is 0 Å². The highest BCUT2D eigenvalue weighted by Gasteiger charge is 2.39. The number of aryl methyl sites for hydroxylation is 2. The Labute approximate surface area is 169 Å². The van der Waals surface area contributed by atoms with Gasteiger partial charge in [0.1, 0.15) is 5.69 Å². The number of esters is 1. The van der Waals surface area contributed by atoms with E-state index in [1.807, 2.05) is 11.6 Å². The minimum atomic E-state index is -0.420. The van der Waals surface area contributed by atoms with Crippen molar-refractivity contribution in [2.45, 2.75) is 45.6 Å². The molecule has 0 unspecified atom stereocenters. The molecule has 0 aromatic carbocycles. The normalized spacial score (nSPS) is 18.2. The average Bonchev–Trinajstić information content (AvgIpc) is 3.36. The van der Waals surface area contributed by atoms with Crippen molar-refractivity contribution in [3.05, 3.63) is 35.2 Å². The van der Waals surface area contributed by atoms with Crippen molar-refractivity contribution in [3.8, 4) is 0 Å². The van der Waals surface area contributed by atoms with Crippen LogP contribution in [0.2, 0.25) is 0 Å². The lowest BCUT2D eigenvalue weighted by Crippen LogP contribution is -2.40. The Hall–Kier alpha value is -2.68. The summed E-state index contributed by atoms with van der Waals surface area (Å²) in [6, 6.07) is 0. The molecule has 0 radical (unpaired) electrons. The van der Waals surface area contributed by atoms with E-state index in [0.29, 0.717) is 31.6 Å². The number of nitrogens with one attached hydrogen (secondary N) is 2. The van der Waals surface area contributed by atoms with Crippen LogP contribution in [0.25, 0.3) is 0 Å².